The lowest BCUT2D eigenvalue weighted by Gasteiger charge is -2.08. The molecule has 0 spiro atoms. The number of aromatic nitrogens is 2. The smallest absolute Gasteiger partial charge is 0.360 e. The highest BCUT2D eigenvalue weighted by Crippen LogP contribution is 2.34. The fraction of sp³-hybridized carbons (Fsp3) is 0.190. The molecule has 0 saturated heterocycles. The van der Waals surface area contributed by atoms with Crippen LogP contribution in [-0.2, 0) is 6.54 Å². The Kier molecular flexibility index (Phi) is 4.35. The van der Waals surface area contributed by atoms with E-state index < -0.39 is 5.97 Å². The van der Waals surface area contributed by atoms with Crippen molar-refractivity contribution in [3.05, 3.63) is 48.3 Å². The van der Waals surface area contributed by atoms with Gasteiger partial charge in [0.25, 0.3) is 0 Å². The maximum atomic E-state index is 12.5. The molecule has 2 aromatic heterocycles. The third kappa shape index (κ3) is 3.11. The molecular formula is C21H20N2O5. The molecule has 0 aliphatic carbocycles. The van der Waals surface area contributed by atoms with Crippen molar-refractivity contribution < 1.29 is 24.9 Å². The third-order valence-electron chi connectivity index (χ3n) is 4.74. The minimum atomic E-state index is -0.684. The van der Waals surface area contributed by atoms with E-state index in [0.29, 0.717) is 10.9 Å². The molecule has 2 aromatic carbocycles. The number of aromatic amines is 1. The zero-order valence-corrected chi connectivity index (χ0v) is 15.3. The van der Waals surface area contributed by atoms with Gasteiger partial charge in [-0.25, -0.2) is 4.79 Å². The van der Waals surface area contributed by atoms with Crippen LogP contribution >= 0.6 is 0 Å². The Bertz CT molecular complexity index is 1150. The van der Waals surface area contributed by atoms with Gasteiger partial charge in [-0.15, -0.1) is 0 Å². The lowest BCUT2D eigenvalue weighted by atomic mass is 10.2. The second-order valence-corrected chi connectivity index (χ2v) is 6.74. The molecule has 0 radical (unpaired) electrons. The van der Waals surface area contributed by atoms with Gasteiger partial charge in [-0.3, -0.25) is 0 Å². The van der Waals surface area contributed by atoms with Crippen LogP contribution in [0.4, 0.5) is 0 Å². The van der Waals surface area contributed by atoms with Crippen LogP contribution in [0.3, 0.4) is 0 Å². The van der Waals surface area contributed by atoms with Gasteiger partial charge in [0.1, 0.15) is 5.69 Å². The average molecular weight is 380 g/mol. The Labute approximate surface area is 160 Å². The summed E-state index contributed by atoms with van der Waals surface area (Å²) in [4.78, 5) is 15.4. The summed E-state index contributed by atoms with van der Waals surface area (Å²) in [6, 6.07) is 9.32. The number of aromatic hydroxyl groups is 3. The van der Waals surface area contributed by atoms with Crippen molar-refractivity contribution in [3.8, 4) is 23.0 Å². The molecule has 144 valence electrons. The summed E-state index contributed by atoms with van der Waals surface area (Å²) < 4.78 is 7.46. The molecule has 28 heavy (non-hydrogen) atoms. The number of unbranched alkanes of at least 4 members (excludes halogenated alkanes) is 1. The summed E-state index contributed by atoms with van der Waals surface area (Å²) in [6.45, 7) is 2.96. The highest BCUT2D eigenvalue weighted by Gasteiger charge is 2.17. The van der Waals surface area contributed by atoms with E-state index in [-0.39, 0.29) is 28.7 Å². The SMILES string of the molecule is CCCCn1ccc2cc(O)c(OC(=O)c3cc4cc(O)c(O)cc4[nH]3)cc21. The highest BCUT2D eigenvalue weighted by atomic mass is 16.5. The monoisotopic (exact) mass is 380 g/mol. The fourth-order valence-corrected chi connectivity index (χ4v) is 3.23. The van der Waals surface area contributed by atoms with E-state index in [9.17, 15) is 20.1 Å². The van der Waals surface area contributed by atoms with Gasteiger partial charge >= 0.3 is 5.97 Å². The van der Waals surface area contributed by atoms with Crippen molar-refractivity contribution in [1.82, 2.24) is 9.55 Å². The van der Waals surface area contributed by atoms with Gasteiger partial charge in [-0.2, -0.15) is 0 Å². The van der Waals surface area contributed by atoms with E-state index in [0.717, 1.165) is 30.3 Å². The van der Waals surface area contributed by atoms with E-state index in [1.807, 2.05) is 12.3 Å². The molecule has 0 amide bonds. The van der Waals surface area contributed by atoms with Crippen LogP contribution in [0.1, 0.15) is 30.3 Å². The minimum absolute atomic E-state index is 0.0679. The van der Waals surface area contributed by atoms with Gasteiger partial charge in [0, 0.05) is 35.6 Å². The lowest BCUT2D eigenvalue weighted by molar-refractivity contribution is 0.0724. The number of phenols is 3. The van der Waals surface area contributed by atoms with Crippen LogP contribution in [0, 0.1) is 0 Å². The number of rotatable bonds is 5. The molecule has 2 heterocycles. The zero-order valence-electron chi connectivity index (χ0n) is 15.3. The number of ether oxygens (including phenoxy) is 1. The Morgan fingerprint density at radius 2 is 1.79 bits per heavy atom. The Morgan fingerprint density at radius 1 is 1.04 bits per heavy atom. The maximum Gasteiger partial charge on any atom is 0.360 e. The van der Waals surface area contributed by atoms with Crippen LogP contribution in [0.5, 0.6) is 23.0 Å². The number of nitrogens with zero attached hydrogens (tertiary/aromatic N) is 1. The number of esters is 1. The average Bonchev–Trinajstić information content (AvgIpc) is 3.24. The number of hydrogen-bond donors (Lipinski definition) is 4. The van der Waals surface area contributed by atoms with Crippen molar-refractivity contribution in [2.75, 3.05) is 0 Å². The molecule has 0 atom stereocenters. The first kappa shape index (κ1) is 17.8. The number of nitrogens with one attached hydrogen (secondary N) is 1. The lowest BCUT2D eigenvalue weighted by Crippen LogP contribution is -2.09. The summed E-state index contributed by atoms with van der Waals surface area (Å²) in [5.74, 6) is -1.30. The zero-order chi connectivity index (χ0) is 19.8. The van der Waals surface area contributed by atoms with Crippen molar-refractivity contribution in [2.24, 2.45) is 0 Å². The first-order valence-electron chi connectivity index (χ1n) is 9.05. The molecule has 0 saturated carbocycles. The standard InChI is InChI=1S/C21H20N2O5/c1-2-3-5-23-6-4-12-8-19(26)20(11-16(12)23)28-21(27)15-7-13-9-17(24)18(25)10-14(13)22-15/h4,6-11,22,24-26H,2-3,5H2,1H3. The second kappa shape index (κ2) is 6.84. The van der Waals surface area contributed by atoms with Gasteiger partial charge in [0.2, 0.25) is 0 Å². The molecule has 0 bridgehead atoms. The third-order valence-corrected chi connectivity index (χ3v) is 4.74. The molecule has 4 rings (SSSR count). The van der Waals surface area contributed by atoms with Crippen LogP contribution in [0.2, 0.25) is 0 Å². The molecule has 4 aromatic rings. The molecule has 7 heteroatoms. The number of carbonyl (C=O) groups excluding carboxylic acids is 1. The van der Waals surface area contributed by atoms with Gasteiger partial charge < -0.3 is 29.6 Å². The van der Waals surface area contributed by atoms with Gasteiger partial charge in [-0.1, -0.05) is 13.3 Å². The molecule has 0 aliphatic rings. The summed E-state index contributed by atoms with van der Waals surface area (Å²) >= 11 is 0. The largest absolute Gasteiger partial charge is 0.504 e. The van der Waals surface area contributed by atoms with Crippen molar-refractivity contribution in [2.45, 2.75) is 26.3 Å². The first-order valence-corrected chi connectivity index (χ1v) is 9.05. The van der Waals surface area contributed by atoms with E-state index in [1.54, 1.807) is 12.1 Å². The van der Waals surface area contributed by atoms with Crippen LogP contribution in [-0.4, -0.2) is 30.8 Å². The molecule has 4 N–H and O–H groups in total. The topological polar surface area (TPSA) is 108 Å². The number of fused-ring (bicyclic) bond motifs is 2. The summed E-state index contributed by atoms with van der Waals surface area (Å²) in [5, 5.41) is 30.8. The first-order chi connectivity index (χ1) is 13.5. The summed E-state index contributed by atoms with van der Waals surface area (Å²) in [5.41, 5.74) is 1.50. The molecular weight excluding hydrogens is 360 g/mol. The van der Waals surface area contributed by atoms with E-state index in [4.69, 9.17) is 4.74 Å². The van der Waals surface area contributed by atoms with Crippen molar-refractivity contribution >= 4 is 27.8 Å². The summed E-state index contributed by atoms with van der Waals surface area (Å²) in [6.07, 6.45) is 4.03. The van der Waals surface area contributed by atoms with E-state index in [1.165, 1.54) is 18.2 Å². The molecule has 0 fully saturated rings. The van der Waals surface area contributed by atoms with E-state index in [2.05, 4.69) is 16.5 Å². The predicted molar refractivity (Wildman–Crippen MR) is 105 cm³/mol. The van der Waals surface area contributed by atoms with Crippen molar-refractivity contribution in [3.63, 3.8) is 0 Å². The molecule has 0 unspecified atom stereocenters. The number of hydrogen-bond acceptors (Lipinski definition) is 5. The predicted octanol–water partition coefficient (Wildman–Crippen LogP) is 4.26. The highest BCUT2D eigenvalue weighted by molar-refractivity contribution is 5.97. The van der Waals surface area contributed by atoms with Crippen LogP contribution in [0.25, 0.3) is 21.8 Å². The summed E-state index contributed by atoms with van der Waals surface area (Å²) in [7, 11) is 0. The Balaban J connectivity index is 1.65. The maximum absolute atomic E-state index is 12.5. The number of carbonyl (C=O) groups is 1. The molecule has 7 nitrogen and oxygen atoms in total. The number of H-pyrrole nitrogens is 1. The van der Waals surface area contributed by atoms with Gasteiger partial charge in [-0.05, 0) is 30.7 Å². The van der Waals surface area contributed by atoms with Crippen molar-refractivity contribution in [1.29, 1.82) is 0 Å². The molecule has 0 aliphatic heterocycles. The minimum Gasteiger partial charge on any atom is -0.504 e. The number of aryl methyl sites for hydroxylation is 1. The number of benzene rings is 2. The van der Waals surface area contributed by atoms with Gasteiger partial charge in [0.15, 0.2) is 23.0 Å². The Morgan fingerprint density at radius 3 is 2.57 bits per heavy atom. The quantitative estimate of drug-likeness (QED) is 0.235. The van der Waals surface area contributed by atoms with Crippen LogP contribution < -0.4 is 4.74 Å². The van der Waals surface area contributed by atoms with E-state index >= 15 is 0 Å². The second-order valence-electron chi connectivity index (χ2n) is 6.74. The number of phenolic OH excluding ortho intramolecular Hbond substituents is 3. The Hall–Kier alpha value is -3.61. The van der Waals surface area contributed by atoms with Crippen LogP contribution in [0.15, 0.2) is 42.6 Å². The fourth-order valence-electron chi connectivity index (χ4n) is 3.23. The normalized spacial score (nSPS) is 11.3. The van der Waals surface area contributed by atoms with Gasteiger partial charge in [0.05, 0.1) is 11.0 Å².